The van der Waals surface area contributed by atoms with Crippen molar-refractivity contribution in [1.82, 2.24) is 9.97 Å². The van der Waals surface area contributed by atoms with E-state index in [0.29, 0.717) is 6.54 Å². The van der Waals surface area contributed by atoms with Crippen LogP contribution < -0.4 is 5.73 Å². The van der Waals surface area contributed by atoms with Crippen LogP contribution in [0.25, 0.3) is 11.0 Å². The van der Waals surface area contributed by atoms with Gasteiger partial charge in [0.15, 0.2) is 0 Å². The molecule has 0 atom stereocenters. The summed E-state index contributed by atoms with van der Waals surface area (Å²) in [6.45, 7) is 0.605. The summed E-state index contributed by atoms with van der Waals surface area (Å²) >= 11 is 3.40. The zero-order valence-electron chi connectivity index (χ0n) is 7.57. The summed E-state index contributed by atoms with van der Waals surface area (Å²) in [5.41, 5.74) is 8.22. The molecule has 0 amide bonds. The van der Waals surface area contributed by atoms with Crippen molar-refractivity contribution in [3.05, 3.63) is 34.6 Å². The van der Waals surface area contributed by atoms with E-state index in [0.717, 1.165) is 27.6 Å². The summed E-state index contributed by atoms with van der Waals surface area (Å²) in [5.74, 6) is 0. The van der Waals surface area contributed by atoms with Crippen molar-refractivity contribution in [2.24, 2.45) is 5.73 Å². The number of aromatic nitrogens is 2. The van der Waals surface area contributed by atoms with Crippen LogP contribution in [0.1, 0.15) is 5.69 Å². The Hall–Kier alpha value is -1.00. The third kappa shape index (κ3) is 1.91. The maximum atomic E-state index is 5.46. The maximum absolute atomic E-state index is 5.46. The van der Waals surface area contributed by atoms with E-state index in [9.17, 15) is 0 Å². The lowest BCUT2D eigenvalue weighted by molar-refractivity contribution is 0.921. The molecule has 0 unspecified atom stereocenters. The molecule has 1 aromatic heterocycles. The van der Waals surface area contributed by atoms with Crippen molar-refractivity contribution in [1.29, 1.82) is 0 Å². The van der Waals surface area contributed by atoms with Crippen LogP contribution in [0.2, 0.25) is 0 Å². The predicted octanol–water partition coefficient (Wildman–Crippen LogP) is 1.89. The van der Waals surface area contributed by atoms with Gasteiger partial charge < -0.3 is 5.73 Å². The fourth-order valence-corrected chi connectivity index (χ4v) is 1.64. The molecule has 0 aliphatic carbocycles. The molecule has 2 aromatic rings. The minimum absolute atomic E-state index is 0.605. The van der Waals surface area contributed by atoms with Crippen LogP contribution in [0.3, 0.4) is 0 Å². The molecule has 2 N–H and O–H groups in total. The van der Waals surface area contributed by atoms with E-state index in [-0.39, 0.29) is 0 Å². The van der Waals surface area contributed by atoms with Crippen molar-refractivity contribution in [2.75, 3.05) is 6.54 Å². The normalized spacial score (nSPS) is 10.7. The van der Waals surface area contributed by atoms with Gasteiger partial charge in [-0.2, -0.15) is 0 Å². The molecular formula is C10H10BrN3. The molecule has 0 aliphatic rings. The van der Waals surface area contributed by atoms with Crippen LogP contribution in [0.4, 0.5) is 0 Å². The van der Waals surface area contributed by atoms with Gasteiger partial charge in [0.25, 0.3) is 0 Å². The number of halogens is 1. The molecule has 0 spiro atoms. The van der Waals surface area contributed by atoms with E-state index in [1.165, 1.54) is 0 Å². The third-order valence-electron chi connectivity index (χ3n) is 1.95. The molecule has 0 saturated carbocycles. The molecule has 1 heterocycles. The zero-order chi connectivity index (χ0) is 9.97. The monoisotopic (exact) mass is 251 g/mol. The quantitative estimate of drug-likeness (QED) is 0.887. The molecule has 0 bridgehead atoms. The van der Waals surface area contributed by atoms with Crippen LogP contribution in [0.15, 0.2) is 28.9 Å². The number of hydrogen-bond acceptors (Lipinski definition) is 3. The third-order valence-corrected chi connectivity index (χ3v) is 2.45. The topological polar surface area (TPSA) is 51.8 Å². The number of fused-ring (bicyclic) bond motifs is 1. The summed E-state index contributed by atoms with van der Waals surface area (Å²) in [6, 6.07) is 5.86. The summed E-state index contributed by atoms with van der Waals surface area (Å²) in [4.78, 5) is 8.76. The number of nitrogens with zero attached hydrogens (tertiary/aromatic N) is 2. The Balaban J connectivity index is 2.52. The average molecular weight is 252 g/mol. The van der Waals surface area contributed by atoms with Gasteiger partial charge in [0.1, 0.15) is 0 Å². The van der Waals surface area contributed by atoms with Gasteiger partial charge in [0.05, 0.1) is 16.7 Å². The lowest BCUT2D eigenvalue weighted by Gasteiger charge is -2.00. The molecule has 0 radical (unpaired) electrons. The Morgan fingerprint density at radius 3 is 2.93 bits per heavy atom. The van der Waals surface area contributed by atoms with E-state index >= 15 is 0 Å². The Labute approximate surface area is 90.5 Å². The van der Waals surface area contributed by atoms with Crippen molar-refractivity contribution >= 4 is 27.0 Å². The van der Waals surface area contributed by atoms with Crippen LogP contribution in [-0.4, -0.2) is 16.5 Å². The highest BCUT2D eigenvalue weighted by Crippen LogP contribution is 2.16. The van der Waals surface area contributed by atoms with Crippen molar-refractivity contribution in [3.63, 3.8) is 0 Å². The number of hydrogen-bond donors (Lipinski definition) is 1. The molecule has 0 fully saturated rings. The first kappa shape index (κ1) is 9.55. The van der Waals surface area contributed by atoms with Crippen molar-refractivity contribution in [3.8, 4) is 0 Å². The summed E-state index contributed by atoms with van der Waals surface area (Å²) in [7, 11) is 0. The molecule has 1 aromatic carbocycles. The second-order valence-electron chi connectivity index (χ2n) is 3.03. The van der Waals surface area contributed by atoms with E-state index in [1.807, 2.05) is 18.2 Å². The molecular weight excluding hydrogens is 242 g/mol. The average Bonchev–Trinajstić information content (AvgIpc) is 2.17. The summed E-state index contributed by atoms with van der Waals surface area (Å²) < 4.78 is 1.02. The zero-order valence-corrected chi connectivity index (χ0v) is 9.16. The summed E-state index contributed by atoms with van der Waals surface area (Å²) in [6.07, 6.45) is 2.55. The fraction of sp³-hybridized carbons (Fsp3) is 0.200. The minimum atomic E-state index is 0.605. The number of rotatable bonds is 2. The van der Waals surface area contributed by atoms with Crippen LogP contribution in [0, 0.1) is 0 Å². The first-order valence-electron chi connectivity index (χ1n) is 4.41. The van der Waals surface area contributed by atoms with Crippen LogP contribution in [-0.2, 0) is 6.42 Å². The Bertz CT molecular complexity index is 456. The molecule has 0 saturated heterocycles. The molecule has 3 nitrogen and oxygen atoms in total. The second-order valence-corrected chi connectivity index (χ2v) is 3.95. The SMILES string of the molecule is NCCc1cnc2ccc(Br)cc2n1. The van der Waals surface area contributed by atoms with Crippen LogP contribution in [0.5, 0.6) is 0 Å². The largest absolute Gasteiger partial charge is 0.330 e. The van der Waals surface area contributed by atoms with Gasteiger partial charge in [-0.05, 0) is 24.7 Å². The molecule has 72 valence electrons. The van der Waals surface area contributed by atoms with Gasteiger partial charge in [-0.3, -0.25) is 4.98 Å². The van der Waals surface area contributed by atoms with E-state index < -0.39 is 0 Å². The highest BCUT2D eigenvalue weighted by Gasteiger charge is 1.99. The molecule has 4 heteroatoms. The first-order valence-corrected chi connectivity index (χ1v) is 5.20. The van der Waals surface area contributed by atoms with Gasteiger partial charge in [-0.25, -0.2) is 4.98 Å². The standard InChI is InChI=1S/C10H10BrN3/c11-7-1-2-9-10(5-7)14-8(3-4-12)6-13-9/h1-2,5-6H,3-4,12H2. The van der Waals surface area contributed by atoms with Gasteiger partial charge >= 0.3 is 0 Å². The fourth-order valence-electron chi connectivity index (χ4n) is 1.29. The maximum Gasteiger partial charge on any atom is 0.0901 e. The van der Waals surface area contributed by atoms with Crippen LogP contribution >= 0.6 is 15.9 Å². The molecule has 14 heavy (non-hydrogen) atoms. The second kappa shape index (κ2) is 4.02. The summed E-state index contributed by atoms with van der Waals surface area (Å²) in [5, 5.41) is 0. The predicted molar refractivity (Wildman–Crippen MR) is 60.0 cm³/mol. The van der Waals surface area contributed by atoms with Gasteiger partial charge in [0, 0.05) is 17.1 Å². The molecule has 2 rings (SSSR count). The van der Waals surface area contributed by atoms with E-state index in [2.05, 4.69) is 25.9 Å². The number of benzene rings is 1. The lowest BCUT2D eigenvalue weighted by Crippen LogP contribution is -2.04. The van der Waals surface area contributed by atoms with Gasteiger partial charge in [-0.15, -0.1) is 0 Å². The van der Waals surface area contributed by atoms with E-state index in [1.54, 1.807) is 6.20 Å². The Morgan fingerprint density at radius 2 is 2.14 bits per heavy atom. The van der Waals surface area contributed by atoms with Gasteiger partial charge in [0.2, 0.25) is 0 Å². The van der Waals surface area contributed by atoms with E-state index in [4.69, 9.17) is 5.73 Å². The van der Waals surface area contributed by atoms with Gasteiger partial charge in [-0.1, -0.05) is 15.9 Å². The highest BCUT2D eigenvalue weighted by molar-refractivity contribution is 9.10. The smallest absolute Gasteiger partial charge is 0.0901 e. The first-order chi connectivity index (χ1) is 6.79. The van der Waals surface area contributed by atoms with Crippen molar-refractivity contribution in [2.45, 2.75) is 6.42 Å². The van der Waals surface area contributed by atoms with Crippen molar-refractivity contribution < 1.29 is 0 Å². The Kier molecular flexibility index (Phi) is 2.74. The number of nitrogens with two attached hydrogens (primary N) is 1. The highest BCUT2D eigenvalue weighted by atomic mass is 79.9. The Morgan fingerprint density at radius 1 is 1.29 bits per heavy atom. The molecule has 0 aliphatic heterocycles. The lowest BCUT2D eigenvalue weighted by atomic mass is 10.2. The minimum Gasteiger partial charge on any atom is -0.330 e.